The molecular formula is C13H14BrN3O. The van der Waals surface area contributed by atoms with Crippen LogP contribution in [0.25, 0.3) is 0 Å². The van der Waals surface area contributed by atoms with Crippen LogP contribution in [0.4, 0.5) is 5.69 Å². The van der Waals surface area contributed by atoms with Crippen molar-refractivity contribution in [2.45, 2.75) is 20.4 Å². The SMILES string of the molecule is Cc1cnc(Cn2cccc(Br)c2=O)c(C)c1N. The van der Waals surface area contributed by atoms with Gasteiger partial charge in [-0.2, -0.15) is 0 Å². The van der Waals surface area contributed by atoms with E-state index in [0.717, 1.165) is 22.5 Å². The summed E-state index contributed by atoms with van der Waals surface area (Å²) in [5, 5.41) is 0. The van der Waals surface area contributed by atoms with Crippen molar-refractivity contribution in [2.24, 2.45) is 0 Å². The maximum absolute atomic E-state index is 11.9. The van der Waals surface area contributed by atoms with Gasteiger partial charge < -0.3 is 10.3 Å². The van der Waals surface area contributed by atoms with E-state index in [1.54, 1.807) is 23.0 Å². The van der Waals surface area contributed by atoms with Crippen molar-refractivity contribution in [3.8, 4) is 0 Å². The molecule has 0 bridgehead atoms. The van der Waals surface area contributed by atoms with Crippen LogP contribution in [0.3, 0.4) is 0 Å². The Balaban J connectivity index is 2.44. The largest absolute Gasteiger partial charge is 0.398 e. The third-order valence-corrected chi connectivity index (χ3v) is 3.57. The third kappa shape index (κ3) is 2.31. The topological polar surface area (TPSA) is 60.9 Å². The van der Waals surface area contributed by atoms with E-state index < -0.39 is 0 Å². The molecule has 0 aromatic carbocycles. The molecular weight excluding hydrogens is 294 g/mol. The summed E-state index contributed by atoms with van der Waals surface area (Å²) in [6, 6.07) is 3.54. The molecule has 0 amide bonds. The zero-order valence-corrected chi connectivity index (χ0v) is 11.9. The third-order valence-electron chi connectivity index (χ3n) is 2.97. The first-order chi connectivity index (χ1) is 8.50. The zero-order valence-electron chi connectivity index (χ0n) is 10.3. The number of anilines is 1. The Morgan fingerprint density at radius 1 is 1.44 bits per heavy atom. The zero-order chi connectivity index (χ0) is 13.3. The van der Waals surface area contributed by atoms with Crippen molar-refractivity contribution in [3.05, 3.63) is 56.2 Å². The van der Waals surface area contributed by atoms with Crippen molar-refractivity contribution in [1.82, 2.24) is 9.55 Å². The van der Waals surface area contributed by atoms with Crippen LogP contribution in [0.5, 0.6) is 0 Å². The van der Waals surface area contributed by atoms with Crippen LogP contribution in [0, 0.1) is 13.8 Å². The summed E-state index contributed by atoms with van der Waals surface area (Å²) in [6.07, 6.45) is 3.48. The molecule has 4 nitrogen and oxygen atoms in total. The Kier molecular flexibility index (Phi) is 3.52. The van der Waals surface area contributed by atoms with Gasteiger partial charge in [0, 0.05) is 18.1 Å². The molecule has 0 saturated heterocycles. The van der Waals surface area contributed by atoms with E-state index >= 15 is 0 Å². The number of pyridine rings is 2. The first-order valence-corrected chi connectivity index (χ1v) is 6.35. The van der Waals surface area contributed by atoms with Gasteiger partial charge >= 0.3 is 0 Å². The second-order valence-electron chi connectivity index (χ2n) is 4.22. The highest BCUT2D eigenvalue weighted by Crippen LogP contribution is 2.18. The minimum atomic E-state index is -0.0714. The minimum absolute atomic E-state index is 0.0714. The number of hydrogen-bond donors (Lipinski definition) is 1. The van der Waals surface area contributed by atoms with Gasteiger partial charge in [0.15, 0.2) is 0 Å². The first kappa shape index (κ1) is 12.8. The van der Waals surface area contributed by atoms with E-state index in [-0.39, 0.29) is 5.56 Å². The minimum Gasteiger partial charge on any atom is -0.398 e. The fourth-order valence-corrected chi connectivity index (χ4v) is 2.13. The van der Waals surface area contributed by atoms with Crippen molar-refractivity contribution < 1.29 is 0 Å². The van der Waals surface area contributed by atoms with Gasteiger partial charge in [0.2, 0.25) is 0 Å². The smallest absolute Gasteiger partial charge is 0.265 e. The summed E-state index contributed by atoms with van der Waals surface area (Å²) in [5.74, 6) is 0. The number of halogens is 1. The monoisotopic (exact) mass is 307 g/mol. The second kappa shape index (κ2) is 4.94. The average Bonchev–Trinajstić information content (AvgIpc) is 2.35. The molecule has 2 aromatic heterocycles. The summed E-state index contributed by atoms with van der Waals surface area (Å²) in [6.45, 7) is 4.27. The molecule has 2 heterocycles. The molecule has 2 rings (SSSR count). The van der Waals surface area contributed by atoms with Crippen LogP contribution in [0.1, 0.15) is 16.8 Å². The van der Waals surface area contributed by atoms with Crippen LogP contribution in [0.15, 0.2) is 33.8 Å². The summed E-state index contributed by atoms with van der Waals surface area (Å²) in [5.41, 5.74) is 9.34. The number of nitrogen functional groups attached to an aromatic ring is 1. The fraction of sp³-hybridized carbons (Fsp3) is 0.231. The number of aromatic nitrogens is 2. The average molecular weight is 308 g/mol. The number of nitrogens with zero attached hydrogens (tertiary/aromatic N) is 2. The molecule has 0 fully saturated rings. The van der Waals surface area contributed by atoms with E-state index in [0.29, 0.717) is 11.0 Å². The first-order valence-electron chi connectivity index (χ1n) is 5.56. The van der Waals surface area contributed by atoms with Crippen LogP contribution in [-0.4, -0.2) is 9.55 Å². The highest BCUT2D eigenvalue weighted by Gasteiger charge is 2.08. The Morgan fingerprint density at radius 3 is 2.89 bits per heavy atom. The summed E-state index contributed by atoms with van der Waals surface area (Å²) < 4.78 is 2.15. The highest BCUT2D eigenvalue weighted by atomic mass is 79.9. The van der Waals surface area contributed by atoms with Gasteiger partial charge in [-0.3, -0.25) is 9.78 Å². The Bertz CT molecular complexity index is 649. The quantitative estimate of drug-likeness (QED) is 0.925. The Labute approximate surface area is 114 Å². The van der Waals surface area contributed by atoms with E-state index in [2.05, 4.69) is 20.9 Å². The molecule has 0 atom stereocenters. The van der Waals surface area contributed by atoms with E-state index in [4.69, 9.17) is 5.73 Å². The molecule has 0 aliphatic rings. The van der Waals surface area contributed by atoms with Crippen molar-refractivity contribution >= 4 is 21.6 Å². The summed E-state index contributed by atoms with van der Waals surface area (Å²) >= 11 is 3.23. The van der Waals surface area contributed by atoms with Crippen molar-refractivity contribution in [1.29, 1.82) is 0 Å². The van der Waals surface area contributed by atoms with Gasteiger partial charge in [0.1, 0.15) is 0 Å². The molecule has 2 N–H and O–H groups in total. The van der Waals surface area contributed by atoms with Crippen LogP contribution >= 0.6 is 15.9 Å². The molecule has 0 spiro atoms. The lowest BCUT2D eigenvalue weighted by Gasteiger charge is -2.11. The molecule has 0 unspecified atom stereocenters. The maximum atomic E-state index is 11.9. The van der Waals surface area contributed by atoms with Crippen molar-refractivity contribution in [3.63, 3.8) is 0 Å². The van der Waals surface area contributed by atoms with Gasteiger partial charge in [-0.25, -0.2) is 0 Å². The van der Waals surface area contributed by atoms with Crippen LogP contribution in [-0.2, 0) is 6.54 Å². The fourth-order valence-electron chi connectivity index (χ4n) is 1.75. The second-order valence-corrected chi connectivity index (χ2v) is 5.07. The lowest BCUT2D eigenvalue weighted by molar-refractivity contribution is 0.730. The van der Waals surface area contributed by atoms with Gasteiger partial charge in [0.25, 0.3) is 5.56 Å². The molecule has 0 aliphatic carbocycles. The van der Waals surface area contributed by atoms with E-state index in [9.17, 15) is 4.79 Å². The number of aryl methyl sites for hydroxylation is 1. The van der Waals surface area contributed by atoms with Crippen LogP contribution < -0.4 is 11.3 Å². The molecule has 2 aromatic rings. The molecule has 18 heavy (non-hydrogen) atoms. The van der Waals surface area contributed by atoms with Gasteiger partial charge in [-0.05, 0) is 53.0 Å². The summed E-state index contributed by atoms with van der Waals surface area (Å²) in [7, 11) is 0. The van der Waals surface area contributed by atoms with Gasteiger partial charge in [0.05, 0.1) is 16.7 Å². The standard InChI is InChI=1S/C13H14BrN3O/c1-8-6-16-11(9(2)12(8)15)7-17-5-3-4-10(14)13(17)18/h3-6H,7H2,1-2H3,(H2,15,16). The van der Waals surface area contributed by atoms with Crippen LogP contribution in [0.2, 0.25) is 0 Å². The van der Waals surface area contributed by atoms with Crippen molar-refractivity contribution in [2.75, 3.05) is 5.73 Å². The van der Waals surface area contributed by atoms with E-state index in [1.807, 2.05) is 19.9 Å². The predicted octanol–water partition coefficient (Wildman–Crippen LogP) is 2.25. The number of rotatable bonds is 2. The lowest BCUT2D eigenvalue weighted by atomic mass is 10.1. The van der Waals surface area contributed by atoms with Gasteiger partial charge in [-0.1, -0.05) is 0 Å². The number of nitrogens with two attached hydrogens (primary N) is 1. The molecule has 0 radical (unpaired) electrons. The predicted molar refractivity (Wildman–Crippen MR) is 75.6 cm³/mol. The Hall–Kier alpha value is -1.62. The molecule has 94 valence electrons. The Morgan fingerprint density at radius 2 is 2.17 bits per heavy atom. The maximum Gasteiger partial charge on any atom is 0.265 e. The number of hydrogen-bond acceptors (Lipinski definition) is 3. The molecule has 0 aliphatic heterocycles. The van der Waals surface area contributed by atoms with E-state index in [1.165, 1.54) is 0 Å². The normalized spacial score (nSPS) is 10.6. The highest BCUT2D eigenvalue weighted by molar-refractivity contribution is 9.10. The molecule has 0 saturated carbocycles. The summed E-state index contributed by atoms with van der Waals surface area (Å²) in [4.78, 5) is 16.2. The lowest BCUT2D eigenvalue weighted by Crippen LogP contribution is -2.21. The van der Waals surface area contributed by atoms with Gasteiger partial charge in [-0.15, -0.1) is 0 Å². The molecule has 5 heteroatoms.